The first-order chi connectivity index (χ1) is 13.5. The molecule has 1 aliphatic rings. The zero-order chi connectivity index (χ0) is 19.9. The van der Waals surface area contributed by atoms with Crippen LogP contribution in [0.3, 0.4) is 0 Å². The Kier molecular flexibility index (Phi) is 7.11. The van der Waals surface area contributed by atoms with E-state index in [1.54, 1.807) is 12.1 Å². The number of amides is 1. The zero-order valence-electron chi connectivity index (χ0n) is 16.5. The van der Waals surface area contributed by atoms with E-state index in [0.717, 1.165) is 51.3 Å². The third-order valence-corrected chi connectivity index (χ3v) is 5.05. The molecule has 0 bridgehead atoms. The summed E-state index contributed by atoms with van der Waals surface area (Å²) >= 11 is 0. The van der Waals surface area contributed by atoms with Crippen molar-refractivity contribution < 1.29 is 13.7 Å². The molecule has 1 amide bonds. The SMILES string of the molecule is CCCCc1nc(CN2CCN(C(C)C(=O)Nc3cccc(F)c3)CC2)no1. The fraction of sp³-hybridized carbons (Fsp3) is 0.550. The third-order valence-electron chi connectivity index (χ3n) is 5.05. The zero-order valence-corrected chi connectivity index (χ0v) is 16.5. The topological polar surface area (TPSA) is 74.5 Å². The minimum Gasteiger partial charge on any atom is -0.339 e. The van der Waals surface area contributed by atoms with Crippen molar-refractivity contribution in [3.05, 3.63) is 41.8 Å². The Hall–Kier alpha value is -2.32. The van der Waals surface area contributed by atoms with E-state index in [1.165, 1.54) is 12.1 Å². The first-order valence-electron chi connectivity index (χ1n) is 9.89. The Morgan fingerprint density at radius 1 is 1.32 bits per heavy atom. The van der Waals surface area contributed by atoms with E-state index in [1.807, 2.05) is 6.92 Å². The van der Waals surface area contributed by atoms with Gasteiger partial charge in [0.25, 0.3) is 0 Å². The van der Waals surface area contributed by atoms with Crippen molar-refractivity contribution in [2.45, 2.75) is 45.7 Å². The number of nitrogens with zero attached hydrogens (tertiary/aromatic N) is 4. The average molecular weight is 389 g/mol. The number of carbonyl (C=O) groups is 1. The van der Waals surface area contributed by atoms with Crippen LogP contribution >= 0.6 is 0 Å². The van der Waals surface area contributed by atoms with Gasteiger partial charge in [-0.2, -0.15) is 4.98 Å². The predicted molar refractivity (Wildman–Crippen MR) is 104 cm³/mol. The van der Waals surface area contributed by atoms with Crippen LogP contribution in [-0.4, -0.2) is 58.1 Å². The van der Waals surface area contributed by atoms with Gasteiger partial charge in [0.2, 0.25) is 11.8 Å². The smallest absolute Gasteiger partial charge is 0.241 e. The van der Waals surface area contributed by atoms with E-state index in [4.69, 9.17) is 4.52 Å². The molecule has 1 N–H and O–H groups in total. The maximum atomic E-state index is 13.3. The van der Waals surface area contributed by atoms with Gasteiger partial charge in [-0.1, -0.05) is 24.6 Å². The maximum absolute atomic E-state index is 13.3. The van der Waals surface area contributed by atoms with Gasteiger partial charge in [-0.05, 0) is 31.5 Å². The molecule has 1 unspecified atom stereocenters. The number of nitrogens with one attached hydrogen (secondary N) is 1. The van der Waals surface area contributed by atoms with Crippen LogP contribution in [0, 0.1) is 5.82 Å². The Morgan fingerprint density at radius 3 is 2.82 bits per heavy atom. The molecule has 1 fully saturated rings. The summed E-state index contributed by atoms with van der Waals surface area (Å²) in [4.78, 5) is 21.3. The van der Waals surface area contributed by atoms with Gasteiger partial charge in [0, 0.05) is 38.3 Å². The number of rotatable bonds is 8. The highest BCUT2D eigenvalue weighted by atomic mass is 19.1. The van der Waals surface area contributed by atoms with Gasteiger partial charge in [-0.15, -0.1) is 0 Å². The number of hydrogen-bond donors (Lipinski definition) is 1. The first kappa shape index (κ1) is 20.4. The molecular formula is C20H28FN5O2. The Balaban J connectivity index is 1.45. The summed E-state index contributed by atoms with van der Waals surface area (Å²) in [7, 11) is 0. The molecule has 7 nitrogen and oxygen atoms in total. The molecule has 1 aromatic carbocycles. The molecule has 0 aliphatic carbocycles. The highest BCUT2D eigenvalue weighted by Crippen LogP contribution is 2.13. The summed E-state index contributed by atoms with van der Waals surface area (Å²) in [6, 6.07) is 5.67. The molecule has 3 rings (SSSR count). The number of benzene rings is 1. The van der Waals surface area contributed by atoms with Crippen molar-refractivity contribution in [2.24, 2.45) is 0 Å². The van der Waals surface area contributed by atoms with Crippen molar-refractivity contribution >= 4 is 11.6 Å². The predicted octanol–water partition coefficient (Wildman–Crippen LogP) is 2.70. The van der Waals surface area contributed by atoms with Gasteiger partial charge >= 0.3 is 0 Å². The van der Waals surface area contributed by atoms with Crippen LogP contribution in [0.25, 0.3) is 0 Å². The van der Waals surface area contributed by atoms with Gasteiger partial charge in [-0.25, -0.2) is 4.39 Å². The number of hydrogen-bond acceptors (Lipinski definition) is 6. The second-order valence-corrected chi connectivity index (χ2v) is 7.20. The van der Waals surface area contributed by atoms with Gasteiger partial charge in [-0.3, -0.25) is 14.6 Å². The van der Waals surface area contributed by atoms with Crippen molar-refractivity contribution in [3.8, 4) is 0 Å². The number of halogens is 1. The molecule has 2 aromatic rings. The highest BCUT2D eigenvalue weighted by molar-refractivity contribution is 5.94. The van der Waals surface area contributed by atoms with E-state index >= 15 is 0 Å². The van der Waals surface area contributed by atoms with E-state index in [9.17, 15) is 9.18 Å². The molecule has 8 heteroatoms. The van der Waals surface area contributed by atoms with Crippen LogP contribution in [0.2, 0.25) is 0 Å². The van der Waals surface area contributed by atoms with E-state index in [2.05, 4.69) is 32.2 Å². The number of carbonyl (C=O) groups excluding carboxylic acids is 1. The molecule has 1 aliphatic heterocycles. The molecule has 1 saturated heterocycles. The lowest BCUT2D eigenvalue weighted by Crippen LogP contribution is -2.52. The van der Waals surface area contributed by atoms with Gasteiger partial charge < -0.3 is 9.84 Å². The summed E-state index contributed by atoms with van der Waals surface area (Å²) in [5, 5.41) is 6.85. The Bertz CT molecular complexity index is 773. The van der Waals surface area contributed by atoms with E-state index < -0.39 is 0 Å². The van der Waals surface area contributed by atoms with Crippen LogP contribution in [0.1, 0.15) is 38.4 Å². The summed E-state index contributed by atoms with van der Waals surface area (Å²) in [5.74, 6) is 0.936. The summed E-state index contributed by atoms with van der Waals surface area (Å²) in [6.45, 7) is 7.89. The lowest BCUT2D eigenvalue weighted by atomic mass is 10.2. The number of anilines is 1. The molecule has 152 valence electrons. The number of aromatic nitrogens is 2. The van der Waals surface area contributed by atoms with Crippen molar-refractivity contribution in [1.29, 1.82) is 0 Å². The molecule has 2 heterocycles. The number of aryl methyl sites for hydroxylation is 1. The number of piperazine rings is 1. The maximum Gasteiger partial charge on any atom is 0.241 e. The Labute approximate surface area is 164 Å². The van der Waals surface area contributed by atoms with E-state index in [-0.39, 0.29) is 17.8 Å². The lowest BCUT2D eigenvalue weighted by Gasteiger charge is -2.36. The largest absolute Gasteiger partial charge is 0.339 e. The van der Waals surface area contributed by atoms with Crippen LogP contribution in [0.4, 0.5) is 10.1 Å². The van der Waals surface area contributed by atoms with Gasteiger partial charge in [0.05, 0.1) is 12.6 Å². The standard InChI is InChI=1S/C20H28FN5O2/c1-3-4-8-19-23-18(24-28-19)14-25-9-11-26(12-10-25)15(2)20(27)22-17-7-5-6-16(21)13-17/h5-7,13,15H,3-4,8-12,14H2,1-2H3,(H,22,27). The molecule has 1 aromatic heterocycles. The van der Waals surface area contributed by atoms with Crippen molar-refractivity contribution in [1.82, 2.24) is 19.9 Å². The number of unbranched alkanes of at least 4 members (excludes halogenated alkanes) is 1. The molecular weight excluding hydrogens is 361 g/mol. The molecule has 28 heavy (non-hydrogen) atoms. The Morgan fingerprint density at radius 2 is 2.11 bits per heavy atom. The summed E-state index contributed by atoms with van der Waals surface area (Å²) in [5.41, 5.74) is 0.478. The molecule has 0 spiro atoms. The second kappa shape index (κ2) is 9.75. The quantitative estimate of drug-likeness (QED) is 0.748. The van der Waals surface area contributed by atoms with Gasteiger partial charge in [0.15, 0.2) is 5.82 Å². The molecule has 0 saturated carbocycles. The average Bonchev–Trinajstić information content (AvgIpc) is 3.13. The van der Waals surface area contributed by atoms with Crippen molar-refractivity contribution in [3.63, 3.8) is 0 Å². The minimum atomic E-state index is -0.363. The summed E-state index contributed by atoms with van der Waals surface area (Å²) in [6.07, 6.45) is 2.98. The van der Waals surface area contributed by atoms with E-state index in [0.29, 0.717) is 18.1 Å². The van der Waals surface area contributed by atoms with Crippen molar-refractivity contribution in [2.75, 3.05) is 31.5 Å². The monoisotopic (exact) mass is 389 g/mol. The highest BCUT2D eigenvalue weighted by Gasteiger charge is 2.26. The fourth-order valence-electron chi connectivity index (χ4n) is 3.27. The molecule has 0 radical (unpaired) electrons. The minimum absolute atomic E-state index is 0.127. The first-order valence-corrected chi connectivity index (χ1v) is 9.89. The fourth-order valence-corrected chi connectivity index (χ4v) is 3.27. The second-order valence-electron chi connectivity index (χ2n) is 7.20. The molecule has 1 atom stereocenters. The van der Waals surface area contributed by atoms with Crippen LogP contribution in [0.15, 0.2) is 28.8 Å². The van der Waals surface area contributed by atoms with Crippen LogP contribution < -0.4 is 5.32 Å². The normalized spacial score (nSPS) is 16.8. The third kappa shape index (κ3) is 5.59. The lowest BCUT2D eigenvalue weighted by molar-refractivity contribution is -0.121. The van der Waals surface area contributed by atoms with Gasteiger partial charge in [0.1, 0.15) is 5.82 Å². The van der Waals surface area contributed by atoms with Crippen LogP contribution in [0.5, 0.6) is 0 Å². The summed E-state index contributed by atoms with van der Waals surface area (Å²) < 4.78 is 18.6. The van der Waals surface area contributed by atoms with Crippen LogP contribution in [-0.2, 0) is 17.8 Å².